The number of hydrogen-bond acceptors (Lipinski definition) is 4. The van der Waals surface area contributed by atoms with Crippen molar-refractivity contribution in [3.63, 3.8) is 0 Å². The summed E-state index contributed by atoms with van der Waals surface area (Å²) in [5, 5.41) is 1.11. The van der Waals surface area contributed by atoms with Gasteiger partial charge in [-0.2, -0.15) is 5.48 Å². The molecule has 0 aromatic carbocycles. The van der Waals surface area contributed by atoms with Crippen LogP contribution in [0.3, 0.4) is 0 Å². The topological polar surface area (TPSA) is 34.1 Å². The van der Waals surface area contributed by atoms with Crippen LogP contribution >= 0.6 is 11.3 Å². The van der Waals surface area contributed by atoms with Crippen LogP contribution in [0, 0.1) is 13.8 Å². The fourth-order valence-corrected chi connectivity index (χ4v) is 2.12. The molecule has 0 amide bonds. The molecule has 1 N–H and O–H groups in total. The molecule has 0 bridgehead atoms. The number of thiazole rings is 1. The SMILES string of the molecule is CCONC(C)c1nc(C)sc1C. The average molecular weight is 200 g/mol. The maximum absolute atomic E-state index is 5.13. The second-order valence-electron chi connectivity index (χ2n) is 2.95. The van der Waals surface area contributed by atoms with Gasteiger partial charge in [0.2, 0.25) is 0 Å². The number of nitrogens with one attached hydrogen (secondary N) is 1. The van der Waals surface area contributed by atoms with Gasteiger partial charge in [-0.1, -0.05) is 0 Å². The van der Waals surface area contributed by atoms with Gasteiger partial charge in [0.1, 0.15) is 0 Å². The van der Waals surface area contributed by atoms with E-state index in [0.29, 0.717) is 6.61 Å². The van der Waals surface area contributed by atoms with E-state index >= 15 is 0 Å². The number of nitrogens with zero attached hydrogens (tertiary/aromatic N) is 1. The summed E-state index contributed by atoms with van der Waals surface area (Å²) in [7, 11) is 0. The molecule has 0 fully saturated rings. The van der Waals surface area contributed by atoms with Crippen LogP contribution in [0.15, 0.2) is 0 Å². The Balaban J connectivity index is 2.64. The van der Waals surface area contributed by atoms with Crippen molar-refractivity contribution >= 4 is 11.3 Å². The van der Waals surface area contributed by atoms with Crippen molar-refractivity contribution in [1.82, 2.24) is 10.5 Å². The Morgan fingerprint density at radius 3 is 2.69 bits per heavy atom. The monoisotopic (exact) mass is 200 g/mol. The van der Waals surface area contributed by atoms with Gasteiger partial charge in [-0.3, -0.25) is 0 Å². The van der Waals surface area contributed by atoms with Crippen LogP contribution < -0.4 is 5.48 Å². The molecule has 1 unspecified atom stereocenters. The lowest BCUT2D eigenvalue weighted by atomic mass is 10.2. The van der Waals surface area contributed by atoms with Crippen LogP contribution in [0.1, 0.15) is 35.5 Å². The fraction of sp³-hybridized carbons (Fsp3) is 0.667. The third kappa shape index (κ3) is 2.76. The number of aryl methyl sites for hydroxylation is 2. The quantitative estimate of drug-likeness (QED) is 0.758. The molecule has 4 heteroatoms. The van der Waals surface area contributed by atoms with Crippen molar-refractivity contribution < 1.29 is 4.84 Å². The van der Waals surface area contributed by atoms with E-state index in [1.165, 1.54) is 4.88 Å². The molecular formula is C9H16N2OS. The maximum Gasteiger partial charge on any atom is 0.0900 e. The number of aromatic nitrogens is 1. The summed E-state index contributed by atoms with van der Waals surface area (Å²) in [6.07, 6.45) is 0. The molecule has 1 aromatic rings. The zero-order valence-electron chi connectivity index (χ0n) is 8.55. The van der Waals surface area contributed by atoms with Gasteiger partial charge in [0.05, 0.1) is 23.4 Å². The van der Waals surface area contributed by atoms with Crippen molar-refractivity contribution in [3.8, 4) is 0 Å². The van der Waals surface area contributed by atoms with E-state index in [1.54, 1.807) is 11.3 Å². The zero-order valence-corrected chi connectivity index (χ0v) is 9.36. The van der Waals surface area contributed by atoms with E-state index in [2.05, 4.69) is 24.3 Å². The van der Waals surface area contributed by atoms with Gasteiger partial charge in [0.25, 0.3) is 0 Å². The first-order valence-electron chi connectivity index (χ1n) is 4.46. The molecule has 0 aliphatic carbocycles. The van der Waals surface area contributed by atoms with Crippen molar-refractivity contribution in [2.75, 3.05) is 6.61 Å². The van der Waals surface area contributed by atoms with Crippen LogP contribution in [0.5, 0.6) is 0 Å². The smallest absolute Gasteiger partial charge is 0.0900 e. The van der Waals surface area contributed by atoms with E-state index in [0.717, 1.165) is 10.7 Å². The molecule has 0 saturated carbocycles. The second kappa shape index (κ2) is 4.69. The molecule has 0 spiro atoms. The number of hydrogen-bond donors (Lipinski definition) is 1. The van der Waals surface area contributed by atoms with Gasteiger partial charge in [0.15, 0.2) is 0 Å². The normalized spacial score (nSPS) is 13.2. The highest BCUT2D eigenvalue weighted by Crippen LogP contribution is 2.22. The Hall–Kier alpha value is -0.450. The highest BCUT2D eigenvalue weighted by atomic mass is 32.1. The van der Waals surface area contributed by atoms with E-state index in [9.17, 15) is 0 Å². The molecular weight excluding hydrogens is 184 g/mol. The minimum atomic E-state index is 0.171. The molecule has 0 aliphatic heterocycles. The minimum absolute atomic E-state index is 0.171. The first-order chi connectivity index (χ1) is 6.15. The Morgan fingerprint density at radius 1 is 1.54 bits per heavy atom. The molecule has 1 rings (SSSR count). The molecule has 0 saturated heterocycles. The van der Waals surface area contributed by atoms with Gasteiger partial charge < -0.3 is 4.84 Å². The molecule has 3 nitrogen and oxygen atoms in total. The summed E-state index contributed by atoms with van der Waals surface area (Å²) >= 11 is 1.72. The van der Waals surface area contributed by atoms with Gasteiger partial charge in [-0.15, -0.1) is 11.3 Å². The van der Waals surface area contributed by atoms with Gasteiger partial charge in [-0.25, -0.2) is 4.98 Å². The van der Waals surface area contributed by atoms with Crippen molar-refractivity contribution in [3.05, 3.63) is 15.6 Å². The first kappa shape index (κ1) is 10.6. The lowest BCUT2D eigenvalue weighted by Gasteiger charge is -2.11. The van der Waals surface area contributed by atoms with Crippen molar-refractivity contribution in [2.24, 2.45) is 0 Å². The molecule has 1 atom stereocenters. The Bertz CT molecular complexity index is 273. The van der Waals surface area contributed by atoms with Crippen LogP contribution in [-0.2, 0) is 4.84 Å². The molecule has 0 radical (unpaired) electrons. The van der Waals surface area contributed by atoms with Crippen LogP contribution in [0.25, 0.3) is 0 Å². The number of rotatable bonds is 4. The lowest BCUT2D eigenvalue weighted by molar-refractivity contribution is 0.0275. The fourth-order valence-electron chi connectivity index (χ4n) is 1.21. The van der Waals surface area contributed by atoms with Gasteiger partial charge in [0, 0.05) is 4.88 Å². The Morgan fingerprint density at radius 2 is 2.23 bits per heavy atom. The van der Waals surface area contributed by atoms with Crippen molar-refractivity contribution in [1.29, 1.82) is 0 Å². The highest BCUT2D eigenvalue weighted by molar-refractivity contribution is 7.11. The van der Waals surface area contributed by atoms with Gasteiger partial charge >= 0.3 is 0 Å². The summed E-state index contributed by atoms with van der Waals surface area (Å²) in [6.45, 7) is 8.79. The maximum atomic E-state index is 5.13. The number of hydroxylamine groups is 1. The Labute approximate surface area is 83.1 Å². The zero-order chi connectivity index (χ0) is 9.84. The van der Waals surface area contributed by atoms with Crippen LogP contribution in [-0.4, -0.2) is 11.6 Å². The lowest BCUT2D eigenvalue weighted by Crippen LogP contribution is -2.19. The van der Waals surface area contributed by atoms with Gasteiger partial charge in [-0.05, 0) is 27.7 Å². The summed E-state index contributed by atoms with van der Waals surface area (Å²) in [6, 6.07) is 0.171. The standard InChI is InChI=1S/C9H16N2OS/c1-5-12-11-6(2)9-7(3)13-8(4)10-9/h6,11H,5H2,1-4H3. The predicted molar refractivity (Wildman–Crippen MR) is 54.8 cm³/mol. The predicted octanol–water partition coefficient (Wildman–Crippen LogP) is 2.36. The van der Waals surface area contributed by atoms with E-state index in [4.69, 9.17) is 4.84 Å². The van der Waals surface area contributed by atoms with E-state index < -0.39 is 0 Å². The first-order valence-corrected chi connectivity index (χ1v) is 5.28. The Kier molecular flexibility index (Phi) is 3.84. The highest BCUT2D eigenvalue weighted by Gasteiger charge is 2.12. The average Bonchev–Trinajstić information content (AvgIpc) is 2.41. The molecule has 74 valence electrons. The van der Waals surface area contributed by atoms with E-state index in [-0.39, 0.29) is 6.04 Å². The summed E-state index contributed by atoms with van der Waals surface area (Å²) in [5.41, 5.74) is 4.04. The third-order valence-corrected chi connectivity index (χ3v) is 2.66. The largest absolute Gasteiger partial charge is 0.301 e. The van der Waals surface area contributed by atoms with E-state index in [1.807, 2.05) is 13.8 Å². The third-order valence-electron chi connectivity index (χ3n) is 1.75. The molecule has 1 heterocycles. The molecule has 13 heavy (non-hydrogen) atoms. The van der Waals surface area contributed by atoms with Crippen molar-refractivity contribution in [2.45, 2.75) is 33.7 Å². The van der Waals surface area contributed by atoms with Crippen LogP contribution in [0.4, 0.5) is 0 Å². The summed E-state index contributed by atoms with van der Waals surface area (Å²) in [4.78, 5) is 10.8. The summed E-state index contributed by atoms with van der Waals surface area (Å²) in [5.74, 6) is 0. The minimum Gasteiger partial charge on any atom is -0.301 e. The van der Waals surface area contributed by atoms with Crippen LogP contribution in [0.2, 0.25) is 0 Å². The summed E-state index contributed by atoms with van der Waals surface area (Å²) < 4.78 is 0. The molecule has 0 aliphatic rings. The molecule has 1 aromatic heterocycles. The second-order valence-corrected chi connectivity index (χ2v) is 4.35.